The van der Waals surface area contributed by atoms with Crippen LogP contribution in [-0.4, -0.2) is 21.8 Å². The molecule has 0 aliphatic rings. The predicted octanol–water partition coefficient (Wildman–Crippen LogP) is 2.32. The van der Waals surface area contributed by atoms with E-state index < -0.39 is 0 Å². The average Bonchev–Trinajstić information content (AvgIpc) is 2.63. The lowest BCUT2D eigenvalue weighted by Crippen LogP contribution is -2.00. The average molecular weight is 241 g/mol. The first-order chi connectivity index (χ1) is 7.63. The molecule has 4 nitrogen and oxygen atoms in total. The molecule has 0 fully saturated rings. The zero-order valence-corrected chi connectivity index (χ0v) is 9.59. The van der Waals surface area contributed by atoms with Crippen molar-refractivity contribution in [1.82, 2.24) is 14.8 Å². The van der Waals surface area contributed by atoms with Gasteiger partial charge in [0.1, 0.15) is 5.82 Å². The number of anilines is 1. The number of hydrogen-bond acceptors (Lipinski definition) is 3. The van der Waals surface area contributed by atoms with E-state index in [2.05, 4.69) is 15.5 Å². The molecule has 2 aromatic rings. The first kappa shape index (κ1) is 10.9. The highest BCUT2D eigenvalue weighted by atomic mass is 35.5. The van der Waals surface area contributed by atoms with Gasteiger partial charge in [0.2, 0.25) is 5.95 Å². The number of halogens is 2. The molecule has 0 spiro atoms. The van der Waals surface area contributed by atoms with Gasteiger partial charge in [0, 0.05) is 19.1 Å². The topological polar surface area (TPSA) is 42.7 Å². The van der Waals surface area contributed by atoms with E-state index >= 15 is 0 Å². The van der Waals surface area contributed by atoms with E-state index in [0.717, 1.165) is 0 Å². The molecular formula is C10H10ClFN4. The summed E-state index contributed by atoms with van der Waals surface area (Å²) >= 11 is 5.82. The largest absolute Gasteiger partial charge is 0.357 e. The van der Waals surface area contributed by atoms with Gasteiger partial charge in [-0.15, -0.1) is 10.2 Å². The molecule has 1 heterocycles. The van der Waals surface area contributed by atoms with Crippen LogP contribution >= 0.6 is 11.6 Å². The smallest absolute Gasteiger partial charge is 0.224 e. The second-order valence-corrected chi connectivity index (χ2v) is 3.72. The fraction of sp³-hybridized carbons (Fsp3) is 0.200. The first-order valence-corrected chi connectivity index (χ1v) is 5.04. The van der Waals surface area contributed by atoms with E-state index in [1.807, 2.05) is 0 Å². The predicted molar refractivity (Wildman–Crippen MR) is 61.0 cm³/mol. The van der Waals surface area contributed by atoms with Crippen LogP contribution in [0.2, 0.25) is 5.02 Å². The molecule has 1 N–H and O–H groups in total. The molecule has 2 rings (SSSR count). The second kappa shape index (κ2) is 4.09. The lowest BCUT2D eigenvalue weighted by molar-refractivity contribution is 0.629. The van der Waals surface area contributed by atoms with Crippen LogP contribution in [0.5, 0.6) is 0 Å². The Kier molecular flexibility index (Phi) is 2.78. The SMILES string of the molecule is CNc1nnc(-c2cc(Cl)ccc2F)n1C. The Morgan fingerprint density at radius 3 is 2.75 bits per heavy atom. The van der Waals surface area contributed by atoms with Gasteiger partial charge in [0.15, 0.2) is 5.82 Å². The fourth-order valence-electron chi connectivity index (χ4n) is 1.45. The van der Waals surface area contributed by atoms with Gasteiger partial charge in [-0.3, -0.25) is 4.57 Å². The lowest BCUT2D eigenvalue weighted by Gasteiger charge is -2.04. The van der Waals surface area contributed by atoms with Crippen molar-refractivity contribution in [2.24, 2.45) is 7.05 Å². The standard InChI is InChI=1S/C10H10ClFN4/c1-13-10-15-14-9(16(10)2)7-5-6(11)3-4-8(7)12/h3-5H,1-2H3,(H,13,15). The zero-order chi connectivity index (χ0) is 11.7. The van der Waals surface area contributed by atoms with Crippen LogP contribution in [-0.2, 0) is 7.05 Å². The summed E-state index contributed by atoms with van der Waals surface area (Å²) in [6, 6.07) is 4.33. The van der Waals surface area contributed by atoms with Crippen molar-refractivity contribution in [3.8, 4) is 11.4 Å². The Morgan fingerprint density at radius 1 is 1.38 bits per heavy atom. The summed E-state index contributed by atoms with van der Waals surface area (Å²) < 4.78 is 15.2. The molecule has 0 aliphatic carbocycles. The number of nitrogens with one attached hydrogen (secondary N) is 1. The van der Waals surface area contributed by atoms with Gasteiger partial charge in [-0.2, -0.15) is 0 Å². The molecule has 0 bridgehead atoms. The quantitative estimate of drug-likeness (QED) is 0.876. The summed E-state index contributed by atoms with van der Waals surface area (Å²) in [5.74, 6) is 0.626. The van der Waals surface area contributed by atoms with Crippen LogP contribution in [0.4, 0.5) is 10.3 Å². The third-order valence-electron chi connectivity index (χ3n) is 2.27. The number of benzene rings is 1. The Balaban J connectivity index is 2.58. The van der Waals surface area contributed by atoms with Crippen molar-refractivity contribution in [2.75, 3.05) is 12.4 Å². The van der Waals surface area contributed by atoms with Gasteiger partial charge in [-0.05, 0) is 18.2 Å². The summed E-state index contributed by atoms with van der Waals surface area (Å²) in [7, 11) is 3.48. The van der Waals surface area contributed by atoms with Gasteiger partial charge in [0.25, 0.3) is 0 Å². The van der Waals surface area contributed by atoms with Crippen LogP contribution < -0.4 is 5.32 Å². The maximum absolute atomic E-state index is 13.6. The van der Waals surface area contributed by atoms with Gasteiger partial charge in [-0.1, -0.05) is 11.6 Å². The van der Waals surface area contributed by atoms with Crippen LogP contribution in [0, 0.1) is 5.82 Å². The Morgan fingerprint density at radius 2 is 2.12 bits per heavy atom. The zero-order valence-electron chi connectivity index (χ0n) is 8.83. The third-order valence-corrected chi connectivity index (χ3v) is 2.50. The van der Waals surface area contributed by atoms with E-state index in [0.29, 0.717) is 22.4 Å². The summed E-state index contributed by atoms with van der Waals surface area (Å²) in [5, 5.41) is 11.1. The van der Waals surface area contributed by atoms with Crippen molar-refractivity contribution in [3.05, 3.63) is 29.0 Å². The van der Waals surface area contributed by atoms with E-state index in [1.165, 1.54) is 18.2 Å². The molecule has 0 saturated heterocycles. The Labute approximate surface area is 97.1 Å². The van der Waals surface area contributed by atoms with Crippen molar-refractivity contribution < 1.29 is 4.39 Å². The summed E-state index contributed by atoms with van der Waals surface area (Å²) in [6.45, 7) is 0. The highest BCUT2D eigenvalue weighted by Gasteiger charge is 2.13. The number of rotatable bonds is 2. The van der Waals surface area contributed by atoms with Gasteiger partial charge >= 0.3 is 0 Å². The molecule has 1 aromatic heterocycles. The minimum Gasteiger partial charge on any atom is -0.357 e. The van der Waals surface area contributed by atoms with E-state index in [-0.39, 0.29) is 5.82 Å². The minimum absolute atomic E-state index is 0.337. The maximum atomic E-state index is 13.6. The Bertz CT molecular complexity index is 524. The second-order valence-electron chi connectivity index (χ2n) is 3.28. The van der Waals surface area contributed by atoms with E-state index in [4.69, 9.17) is 11.6 Å². The molecule has 0 aliphatic heterocycles. The van der Waals surface area contributed by atoms with Crippen molar-refractivity contribution >= 4 is 17.5 Å². The first-order valence-electron chi connectivity index (χ1n) is 4.66. The third kappa shape index (κ3) is 1.74. The fourth-order valence-corrected chi connectivity index (χ4v) is 1.62. The molecule has 0 atom stereocenters. The molecule has 84 valence electrons. The molecule has 6 heteroatoms. The van der Waals surface area contributed by atoms with Crippen molar-refractivity contribution in [3.63, 3.8) is 0 Å². The molecule has 16 heavy (non-hydrogen) atoms. The lowest BCUT2D eigenvalue weighted by atomic mass is 10.2. The highest BCUT2D eigenvalue weighted by Crippen LogP contribution is 2.25. The summed E-state index contributed by atoms with van der Waals surface area (Å²) in [6.07, 6.45) is 0. The van der Waals surface area contributed by atoms with Crippen molar-refractivity contribution in [2.45, 2.75) is 0 Å². The normalized spacial score (nSPS) is 10.5. The Hall–Kier alpha value is -1.62. The van der Waals surface area contributed by atoms with Crippen LogP contribution in [0.25, 0.3) is 11.4 Å². The summed E-state index contributed by atoms with van der Waals surface area (Å²) in [4.78, 5) is 0. The van der Waals surface area contributed by atoms with Crippen LogP contribution in [0.15, 0.2) is 18.2 Å². The van der Waals surface area contributed by atoms with E-state index in [9.17, 15) is 4.39 Å². The summed E-state index contributed by atoms with van der Waals surface area (Å²) in [5.41, 5.74) is 0.337. The van der Waals surface area contributed by atoms with Gasteiger partial charge < -0.3 is 5.32 Å². The van der Waals surface area contributed by atoms with Crippen LogP contribution in [0.3, 0.4) is 0 Å². The maximum Gasteiger partial charge on any atom is 0.224 e. The van der Waals surface area contributed by atoms with Gasteiger partial charge in [0.05, 0.1) is 5.56 Å². The van der Waals surface area contributed by atoms with Crippen LogP contribution in [0.1, 0.15) is 0 Å². The molecular weight excluding hydrogens is 231 g/mol. The molecule has 0 amide bonds. The molecule has 0 saturated carbocycles. The van der Waals surface area contributed by atoms with E-state index in [1.54, 1.807) is 18.7 Å². The number of aromatic nitrogens is 3. The number of hydrogen-bond donors (Lipinski definition) is 1. The molecule has 0 radical (unpaired) electrons. The van der Waals surface area contributed by atoms with Crippen molar-refractivity contribution in [1.29, 1.82) is 0 Å². The number of nitrogens with zero attached hydrogens (tertiary/aromatic N) is 3. The molecule has 1 aromatic carbocycles. The highest BCUT2D eigenvalue weighted by molar-refractivity contribution is 6.30. The molecule has 0 unspecified atom stereocenters. The van der Waals surface area contributed by atoms with Gasteiger partial charge in [-0.25, -0.2) is 4.39 Å². The minimum atomic E-state index is -0.373. The monoisotopic (exact) mass is 240 g/mol.